The number of rotatable bonds is 5. The van der Waals surface area contributed by atoms with Crippen LogP contribution in [0, 0.1) is 44.8 Å². The van der Waals surface area contributed by atoms with Crippen LogP contribution in [-0.2, 0) is 23.7 Å². The molecular weight excluding hydrogens is 604 g/mol. The number of carbonyl (C=O) groups excluding carboxylic acids is 1. The average Bonchev–Trinajstić information content (AvgIpc) is 3.40. The molecule has 0 aromatic heterocycles. The lowest BCUT2D eigenvalue weighted by Crippen LogP contribution is -2.62. The van der Waals surface area contributed by atoms with Gasteiger partial charge in [0, 0.05) is 18.3 Å². The van der Waals surface area contributed by atoms with Crippen molar-refractivity contribution in [2.45, 2.75) is 173 Å². The van der Waals surface area contributed by atoms with Crippen LogP contribution in [0.3, 0.4) is 0 Å². The Balaban J connectivity index is 1.19. The molecular formula is C37H60O10. The summed E-state index contributed by atoms with van der Waals surface area (Å²) >= 11 is 0. The number of hydrogen-bond donors (Lipinski definition) is 5. The Bertz CT molecular complexity index is 1270. The van der Waals surface area contributed by atoms with Crippen molar-refractivity contribution in [2.24, 2.45) is 44.8 Å². The Hall–Kier alpha value is -0.850. The first-order valence-electron chi connectivity index (χ1n) is 18.3. The molecule has 0 unspecified atom stereocenters. The standard InChI is InChI=1S/C37H60O10/c1-19(38)45-29-27(42)28(34(7)13-11-24(47-34)32(4,5)43)33(6)15-16-37-18-36(37)14-12-23(46-30-26(41)25(40)20(39)17-44-30)31(2,3)21(36)9-10-22(37)35(29,33)8/h20-30,39-43H,9-18H2,1-8H3/t20-,21-,22-,23+,24-,25+,26-,27-,28+,29+,30+,33-,34+,35-,36-,37+/m1/s1. The van der Waals surface area contributed by atoms with Crippen LogP contribution in [0.5, 0.6) is 0 Å². The summed E-state index contributed by atoms with van der Waals surface area (Å²) in [5.74, 6) is 0.0227. The van der Waals surface area contributed by atoms with Crippen molar-refractivity contribution in [3.8, 4) is 0 Å². The van der Waals surface area contributed by atoms with Gasteiger partial charge >= 0.3 is 5.97 Å². The van der Waals surface area contributed by atoms with E-state index in [0.717, 1.165) is 51.4 Å². The van der Waals surface area contributed by atoms with E-state index in [1.165, 1.54) is 6.92 Å². The summed E-state index contributed by atoms with van der Waals surface area (Å²) in [4.78, 5) is 12.7. The first-order valence-corrected chi connectivity index (χ1v) is 18.3. The zero-order chi connectivity index (χ0) is 34.3. The van der Waals surface area contributed by atoms with Gasteiger partial charge in [-0.05, 0) is 112 Å². The minimum Gasteiger partial charge on any atom is -0.459 e. The second-order valence-corrected chi connectivity index (χ2v) is 18.7. The van der Waals surface area contributed by atoms with Crippen molar-refractivity contribution in [1.29, 1.82) is 0 Å². The SMILES string of the molecule is CC(=O)O[C@H]1[C@H](O)[C@H]([C@]2(C)CC[C@H](C(C)(C)O)O2)[C@@]2(C)CC[C@@]34C[C@@]35CC[C@H](O[C@@H]3OC[C@@H](O)[C@H](O)[C@H]3O)C(C)(C)[C@H]5CC[C@@H]4[C@]12C. The molecule has 5 saturated carbocycles. The van der Waals surface area contributed by atoms with Gasteiger partial charge in [-0.1, -0.05) is 27.7 Å². The molecule has 10 heteroatoms. The molecule has 5 aliphatic carbocycles. The first-order chi connectivity index (χ1) is 21.7. The van der Waals surface area contributed by atoms with Crippen molar-refractivity contribution in [3.63, 3.8) is 0 Å². The van der Waals surface area contributed by atoms with E-state index in [0.29, 0.717) is 12.3 Å². The molecule has 0 aromatic rings. The third-order valence-corrected chi connectivity index (χ3v) is 15.9. The Labute approximate surface area is 279 Å². The van der Waals surface area contributed by atoms with Crippen LogP contribution in [0.15, 0.2) is 0 Å². The summed E-state index contributed by atoms with van der Waals surface area (Å²) in [5, 5.41) is 54.0. The smallest absolute Gasteiger partial charge is 0.303 e. The van der Waals surface area contributed by atoms with Gasteiger partial charge < -0.3 is 44.5 Å². The van der Waals surface area contributed by atoms with Gasteiger partial charge in [0.15, 0.2) is 6.29 Å². The second kappa shape index (κ2) is 10.6. The molecule has 2 spiro atoms. The lowest BCUT2D eigenvalue weighted by atomic mass is 9.41. The van der Waals surface area contributed by atoms with E-state index in [1.807, 2.05) is 0 Å². The minimum atomic E-state index is -1.31. The summed E-state index contributed by atoms with van der Waals surface area (Å²) in [5.41, 5.74) is -2.49. The maximum atomic E-state index is 12.7. The van der Waals surface area contributed by atoms with Crippen LogP contribution in [0.25, 0.3) is 0 Å². The number of carbonyl (C=O) groups is 1. The van der Waals surface area contributed by atoms with E-state index in [-0.39, 0.29) is 58.3 Å². The summed E-state index contributed by atoms with van der Waals surface area (Å²) in [7, 11) is 0. The zero-order valence-corrected chi connectivity index (χ0v) is 29.7. The maximum absolute atomic E-state index is 12.7. The fraction of sp³-hybridized carbons (Fsp3) is 0.973. The van der Waals surface area contributed by atoms with Gasteiger partial charge in [-0.2, -0.15) is 0 Å². The molecule has 0 bridgehead atoms. The van der Waals surface area contributed by atoms with Gasteiger partial charge in [0.05, 0.1) is 36.1 Å². The lowest BCUT2D eigenvalue weighted by Gasteiger charge is -2.64. The number of esters is 1. The normalized spacial score (nSPS) is 56.6. The molecule has 2 aliphatic heterocycles. The summed E-state index contributed by atoms with van der Waals surface area (Å²) < 4.78 is 25.1. The maximum Gasteiger partial charge on any atom is 0.303 e. The Morgan fingerprint density at radius 3 is 2.13 bits per heavy atom. The minimum absolute atomic E-state index is 0.0770. The summed E-state index contributed by atoms with van der Waals surface area (Å²) in [6.45, 7) is 16.2. The van der Waals surface area contributed by atoms with Crippen LogP contribution < -0.4 is 0 Å². The molecule has 0 radical (unpaired) electrons. The highest BCUT2D eigenvalue weighted by Crippen LogP contribution is 2.89. The van der Waals surface area contributed by atoms with E-state index in [9.17, 15) is 30.3 Å². The Morgan fingerprint density at radius 1 is 0.830 bits per heavy atom. The van der Waals surface area contributed by atoms with Gasteiger partial charge in [0.25, 0.3) is 0 Å². The number of hydrogen-bond acceptors (Lipinski definition) is 10. The van der Waals surface area contributed by atoms with Gasteiger partial charge in [0.2, 0.25) is 0 Å². The van der Waals surface area contributed by atoms with E-state index in [4.69, 9.17) is 18.9 Å². The summed E-state index contributed by atoms with van der Waals surface area (Å²) in [6.07, 6.45) is 1.51. The van der Waals surface area contributed by atoms with Crippen LogP contribution in [0.2, 0.25) is 0 Å². The van der Waals surface area contributed by atoms with Gasteiger partial charge in [-0.25, -0.2) is 0 Å². The molecule has 2 saturated heterocycles. The van der Waals surface area contributed by atoms with E-state index >= 15 is 0 Å². The monoisotopic (exact) mass is 664 g/mol. The predicted octanol–water partition coefficient (Wildman–Crippen LogP) is 3.47. The molecule has 47 heavy (non-hydrogen) atoms. The van der Waals surface area contributed by atoms with Gasteiger partial charge in [-0.3, -0.25) is 4.79 Å². The third-order valence-electron chi connectivity index (χ3n) is 15.9. The number of ether oxygens (including phenoxy) is 4. The van der Waals surface area contributed by atoms with Crippen LogP contribution >= 0.6 is 0 Å². The number of aliphatic hydroxyl groups excluding tert-OH is 4. The van der Waals surface area contributed by atoms with E-state index in [1.54, 1.807) is 13.8 Å². The molecule has 7 rings (SSSR count). The van der Waals surface area contributed by atoms with Crippen LogP contribution in [0.4, 0.5) is 0 Å². The molecule has 5 N–H and O–H groups in total. The second-order valence-electron chi connectivity index (χ2n) is 18.7. The predicted molar refractivity (Wildman–Crippen MR) is 171 cm³/mol. The van der Waals surface area contributed by atoms with E-state index < -0.39 is 53.4 Å². The van der Waals surface area contributed by atoms with Crippen molar-refractivity contribution in [3.05, 3.63) is 0 Å². The Kier molecular flexibility index (Phi) is 7.80. The number of fused-ring (bicyclic) bond motifs is 2. The third kappa shape index (κ3) is 4.47. The first kappa shape index (κ1) is 34.6. The molecule has 7 aliphatic rings. The van der Waals surface area contributed by atoms with Gasteiger partial charge in [0.1, 0.15) is 24.4 Å². The topological polar surface area (TPSA) is 155 Å². The highest BCUT2D eigenvalue weighted by Gasteiger charge is 2.85. The van der Waals surface area contributed by atoms with Crippen LogP contribution in [-0.4, -0.2) is 98.3 Å². The molecule has 7 fully saturated rings. The summed E-state index contributed by atoms with van der Waals surface area (Å²) in [6, 6.07) is 0. The highest BCUT2D eigenvalue weighted by molar-refractivity contribution is 5.66. The average molecular weight is 665 g/mol. The quantitative estimate of drug-likeness (QED) is 0.218. The Morgan fingerprint density at radius 2 is 1.49 bits per heavy atom. The fourth-order valence-corrected chi connectivity index (χ4v) is 13.7. The molecule has 2 heterocycles. The van der Waals surface area contributed by atoms with E-state index in [2.05, 4.69) is 34.6 Å². The fourth-order valence-electron chi connectivity index (χ4n) is 13.7. The molecule has 0 aromatic carbocycles. The molecule has 10 nitrogen and oxygen atoms in total. The molecule has 0 amide bonds. The van der Waals surface area contributed by atoms with Gasteiger partial charge in [-0.15, -0.1) is 0 Å². The zero-order valence-electron chi connectivity index (χ0n) is 29.7. The molecule has 16 atom stereocenters. The van der Waals surface area contributed by atoms with Crippen molar-refractivity contribution in [2.75, 3.05) is 6.61 Å². The van der Waals surface area contributed by atoms with Crippen molar-refractivity contribution < 1.29 is 49.3 Å². The number of aliphatic hydroxyl groups is 5. The molecule has 268 valence electrons. The van der Waals surface area contributed by atoms with Crippen molar-refractivity contribution in [1.82, 2.24) is 0 Å². The highest BCUT2D eigenvalue weighted by atomic mass is 16.7. The lowest BCUT2D eigenvalue weighted by molar-refractivity contribution is -0.303. The largest absolute Gasteiger partial charge is 0.459 e. The van der Waals surface area contributed by atoms with Crippen molar-refractivity contribution >= 4 is 5.97 Å². The van der Waals surface area contributed by atoms with Crippen LogP contribution in [0.1, 0.15) is 113 Å².